The molecule has 1 saturated heterocycles. The summed E-state index contributed by atoms with van der Waals surface area (Å²) >= 11 is 0. The van der Waals surface area contributed by atoms with Gasteiger partial charge in [0.1, 0.15) is 30.7 Å². The fraction of sp³-hybridized carbons (Fsp3) is 0.667. The van der Waals surface area contributed by atoms with Crippen molar-refractivity contribution < 1.29 is 25.2 Å². The van der Waals surface area contributed by atoms with Crippen LogP contribution in [0.2, 0.25) is 0 Å². The van der Waals surface area contributed by atoms with Gasteiger partial charge >= 0.3 is 0 Å². The van der Waals surface area contributed by atoms with E-state index in [1.165, 1.54) is 0 Å². The molecular formula is C9H15N5O5. The van der Waals surface area contributed by atoms with Gasteiger partial charge in [-0.2, -0.15) is 4.98 Å². The van der Waals surface area contributed by atoms with Crippen LogP contribution in [0.4, 0.5) is 11.9 Å². The number of aromatic nitrogens is 3. The van der Waals surface area contributed by atoms with Crippen LogP contribution in [-0.2, 0) is 4.74 Å². The minimum absolute atomic E-state index is 0.0258. The van der Waals surface area contributed by atoms with Crippen molar-refractivity contribution in [2.75, 3.05) is 17.7 Å². The molecule has 7 N–H and O–H groups in total. The monoisotopic (exact) mass is 273 g/mol. The van der Waals surface area contributed by atoms with Crippen LogP contribution in [0.25, 0.3) is 0 Å². The lowest BCUT2D eigenvalue weighted by Gasteiger charge is -2.40. The van der Waals surface area contributed by atoms with E-state index in [0.717, 1.165) is 6.33 Å². The van der Waals surface area contributed by atoms with Crippen LogP contribution in [0.1, 0.15) is 0 Å². The van der Waals surface area contributed by atoms with Crippen LogP contribution < -0.4 is 11.1 Å². The third-order valence-electron chi connectivity index (χ3n) is 2.75. The number of aliphatic hydroxyl groups is 4. The van der Waals surface area contributed by atoms with Gasteiger partial charge < -0.3 is 36.2 Å². The van der Waals surface area contributed by atoms with Gasteiger partial charge in [0.15, 0.2) is 6.23 Å². The summed E-state index contributed by atoms with van der Waals surface area (Å²) in [6.45, 7) is -0.511. The van der Waals surface area contributed by atoms with Gasteiger partial charge in [-0.1, -0.05) is 0 Å². The highest BCUT2D eigenvalue weighted by atomic mass is 16.6. The largest absolute Gasteiger partial charge is 0.394 e. The molecule has 1 aromatic heterocycles. The zero-order chi connectivity index (χ0) is 14.0. The highest BCUT2D eigenvalue weighted by molar-refractivity contribution is 5.30. The maximum absolute atomic E-state index is 9.77. The van der Waals surface area contributed by atoms with Crippen molar-refractivity contribution in [3.05, 3.63) is 6.33 Å². The molecule has 0 saturated carbocycles. The molecule has 0 amide bonds. The molecule has 2 rings (SSSR count). The van der Waals surface area contributed by atoms with E-state index < -0.39 is 37.3 Å². The Morgan fingerprint density at radius 3 is 2.58 bits per heavy atom. The third-order valence-corrected chi connectivity index (χ3v) is 2.75. The summed E-state index contributed by atoms with van der Waals surface area (Å²) in [6, 6.07) is 0. The Morgan fingerprint density at radius 1 is 1.21 bits per heavy atom. The van der Waals surface area contributed by atoms with Gasteiger partial charge in [0.05, 0.1) is 6.61 Å². The van der Waals surface area contributed by atoms with E-state index in [1.54, 1.807) is 0 Å². The highest BCUT2D eigenvalue weighted by Gasteiger charge is 2.43. The lowest BCUT2D eigenvalue weighted by molar-refractivity contribution is -0.221. The number of nitrogen functional groups attached to an aromatic ring is 1. The molecule has 10 nitrogen and oxygen atoms in total. The normalized spacial score (nSPS) is 35.1. The van der Waals surface area contributed by atoms with E-state index in [9.17, 15) is 15.3 Å². The molecule has 0 unspecified atom stereocenters. The Hall–Kier alpha value is -1.59. The quantitative estimate of drug-likeness (QED) is 0.327. The van der Waals surface area contributed by atoms with Crippen LogP contribution in [0.15, 0.2) is 6.33 Å². The summed E-state index contributed by atoms with van der Waals surface area (Å²) in [5, 5.41) is 40.6. The van der Waals surface area contributed by atoms with Crippen LogP contribution in [0.3, 0.4) is 0 Å². The van der Waals surface area contributed by atoms with Crippen LogP contribution in [0.5, 0.6) is 0 Å². The molecule has 19 heavy (non-hydrogen) atoms. The Bertz CT molecular complexity index is 433. The van der Waals surface area contributed by atoms with Gasteiger partial charge in [-0.25, -0.2) is 9.97 Å². The average Bonchev–Trinajstić information content (AvgIpc) is 2.39. The minimum atomic E-state index is -1.47. The Morgan fingerprint density at radius 2 is 1.95 bits per heavy atom. The number of ether oxygens (including phenoxy) is 1. The molecule has 1 aliphatic rings. The maximum Gasteiger partial charge on any atom is 0.229 e. The summed E-state index contributed by atoms with van der Waals surface area (Å²) in [4.78, 5) is 11.1. The third kappa shape index (κ3) is 2.88. The number of aliphatic hydroxyl groups excluding tert-OH is 4. The predicted molar refractivity (Wildman–Crippen MR) is 61.6 cm³/mol. The summed E-state index contributed by atoms with van der Waals surface area (Å²) < 4.78 is 5.21. The van der Waals surface area contributed by atoms with E-state index >= 15 is 0 Å². The Labute approximate surface area is 107 Å². The van der Waals surface area contributed by atoms with Crippen molar-refractivity contribution in [2.24, 2.45) is 0 Å². The molecule has 0 bridgehead atoms. The lowest BCUT2D eigenvalue weighted by Crippen LogP contribution is -2.60. The second-order valence-electron chi connectivity index (χ2n) is 4.06. The Balaban J connectivity index is 2.10. The molecule has 1 aromatic rings. The molecule has 0 spiro atoms. The molecule has 106 valence electrons. The van der Waals surface area contributed by atoms with Gasteiger partial charge in [-0.05, 0) is 0 Å². The van der Waals surface area contributed by atoms with E-state index in [0.29, 0.717) is 0 Å². The number of nitrogens with one attached hydrogen (secondary N) is 1. The fourth-order valence-corrected chi connectivity index (χ4v) is 1.73. The van der Waals surface area contributed by atoms with E-state index in [2.05, 4.69) is 20.3 Å². The molecule has 5 atom stereocenters. The fourth-order valence-electron chi connectivity index (χ4n) is 1.73. The van der Waals surface area contributed by atoms with Crippen molar-refractivity contribution in [3.8, 4) is 0 Å². The summed E-state index contributed by atoms with van der Waals surface area (Å²) in [5.74, 6) is 0.0129. The maximum atomic E-state index is 9.77. The van der Waals surface area contributed by atoms with Crippen LogP contribution in [0, 0.1) is 0 Å². The molecule has 1 aliphatic heterocycles. The number of nitrogens with two attached hydrogens (primary N) is 1. The number of hydrogen-bond acceptors (Lipinski definition) is 10. The zero-order valence-electron chi connectivity index (χ0n) is 9.79. The SMILES string of the molecule is Nc1ncnc(N[C@@H]2O[C@@H](CO)[C@H](O)[C@H](O)[C@@H]2O)n1. The number of hydrogen-bond donors (Lipinski definition) is 6. The molecule has 10 heteroatoms. The first-order chi connectivity index (χ1) is 9.02. The van der Waals surface area contributed by atoms with Gasteiger partial charge in [-0.3, -0.25) is 0 Å². The smallest absolute Gasteiger partial charge is 0.229 e. The zero-order valence-corrected chi connectivity index (χ0v) is 9.79. The van der Waals surface area contributed by atoms with Gasteiger partial charge in [0.25, 0.3) is 0 Å². The van der Waals surface area contributed by atoms with Gasteiger partial charge in [0.2, 0.25) is 11.9 Å². The second kappa shape index (κ2) is 5.59. The van der Waals surface area contributed by atoms with Crippen molar-refractivity contribution in [3.63, 3.8) is 0 Å². The molecule has 1 fully saturated rings. The van der Waals surface area contributed by atoms with Crippen LogP contribution in [-0.4, -0.2) is 72.6 Å². The minimum Gasteiger partial charge on any atom is -0.394 e. The first kappa shape index (κ1) is 13.8. The first-order valence-corrected chi connectivity index (χ1v) is 5.54. The van der Waals surface area contributed by atoms with E-state index in [-0.39, 0.29) is 11.9 Å². The number of anilines is 2. The lowest BCUT2D eigenvalue weighted by atomic mass is 9.98. The van der Waals surface area contributed by atoms with Crippen molar-refractivity contribution in [1.29, 1.82) is 0 Å². The van der Waals surface area contributed by atoms with E-state index in [4.69, 9.17) is 15.6 Å². The molecule has 2 heterocycles. The number of nitrogens with zero attached hydrogens (tertiary/aromatic N) is 3. The molecule has 0 aromatic carbocycles. The summed E-state index contributed by atoms with van der Waals surface area (Å²) in [5.41, 5.74) is 5.37. The summed E-state index contributed by atoms with van der Waals surface area (Å²) in [7, 11) is 0. The van der Waals surface area contributed by atoms with E-state index in [1.807, 2.05) is 0 Å². The molecule has 0 radical (unpaired) electrons. The van der Waals surface area contributed by atoms with Gasteiger partial charge in [0, 0.05) is 0 Å². The van der Waals surface area contributed by atoms with Gasteiger partial charge in [-0.15, -0.1) is 0 Å². The molecule has 0 aliphatic carbocycles. The first-order valence-electron chi connectivity index (χ1n) is 5.54. The Kier molecular flexibility index (Phi) is 4.07. The summed E-state index contributed by atoms with van der Waals surface area (Å²) in [6.07, 6.45) is -5.25. The van der Waals surface area contributed by atoms with Crippen molar-refractivity contribution >= 4 is 11.9 Å². The standard InChI is InChI=1S/C9H15N5O5/c10-8-11-2-12-9(14-8)13-7-6(18)5(17)4(16)3(1-15)19-7/h2-7,15-18H,1H2,(H3,10,11,12,13,14)/t3-,4-,5-,6-,7+/m0/s1. The predicted octanol–water partition coefficient (Wildman–Crippen LogP) is -3.33. The van der Waals surface area contributed by atoms with Crippen molar-refractivity contribution in [2.45, 2.75) is 30.6 Å². The number of rotatable bonds is 3. The van der Waals surface area contributed by atoms with Crippen molar-refractivity contribution in [1.82, 2.24) is 15.0 Å². The molecular weight excluding hydrogens is 258 g/mol. The second-order valence-corrected chi connectivity index (χ2v) is 4.06. The average molecular weight is 273 g/mol. The topological polar surface area (TPSA) is 167 Å². The van der Waals surface area contributed by atoms with Crippen LogP contribution >= 0.6 is 0 Å². The highest BCUT2D eigenvalue weighted by Crippen LogP contribution is 2.21.